The largest absolute Gasteiger partial charge is 0.493 e. The highest BCUT2D eigenvalue weighted by molar-refractivity contribution is 6.21. The lowest BCUT2D eigenvalue weighted by Gasteiger charge is -2.26. The summed E-state index contributed by atoms with van der Waals surface area (Å²) in [6.45, 7) is 4.06. The second-order valence-corrected chi connectivity index (χ2v) is 6.52. The monoisotopic (exact) mass is 381 g/mol. The average molecular weight is 381 g/mol. The Kier molecular flexibility index (Phi) is 5.35. The molecule has 1 aliphatic rings. The second-order valence-electron chi connectivity index (χ2n) is 6.52. The summed E-state index contributed by atoms with van der Waals surface area (Å²) in [6, 6.07) is 9.11. The Morgan fingerprint density at radius 2 is 1.79 bits per heavy atom. The molecule has 1 radical (unpaired) electrons. The standard InChI is InChI=1S/C21H21N2O5/c1-4-28-18-10-13(6-8-17(18)27-3)16(11-19(22)24)23-20(25)14-7-5-12(2)9-15(14)21(23)26/h5-10,16,22H,4,11H2,1-3H3. The van der Waals surface area contributed by atoms with Gasteiger partial charge >= 0.3 is 0 Å². The first-order valence-corrected chi connectivity index (χ1v) is 8.91. The Bertz CT molecular complexity index is 954. The minimum atomic E-state index is -0.900. The lowest BCUT2D eigenvalue weighted by molar-refractivity contribution is -0.119. The van der Waals surface area contributed by atoms with Crippen molar-refractivity contribution in [3.63, 3.8) is 0 Å². The van der Waals surface area contributed by atoms with E-state index in [0.29, 0.717) is 34.8 Å². The van der Waals surface area contributed by atoms with Gasteiger partial charge in [-0.2, -0.15) is 0 Å². The number of benzene rings is 2. The van der Waals surface area contributed by atoms with Gasteiger partial charge in [0, 0.05) is 0 Å². The number of fused-ring (bicyclic) bond motifs is 1. The Morgan fingerprint density at radius 1 is 1.07 bits per heavy atom. The molecule has 7 nitrogen and oxygen atoms in total. The van der Waals surface area contributed by atoms with Crippen LogP contribution in [0, 0.1) is 6.92 Å². The molecule has 3 amide bonds. The minimum Gasteiger partial charge on any atom is -0.493 e. The number of carbonyl (C=O) groups is 3. The van der Waals surface area contributed by atoms with Crippen molar-refractivity contribution in [2.75, 3.05) is 13.7 Å². The van der Waals surface area contributed by atoms with Crippen LogP contribution in [0.1, 0.15) is 51.2 Å². The van der Waals surface area contributed by atoms with Crippen LogP contribution in [0.15, 0.2) is 36.4 Å². The summed E-state index contributed by atoms with van der Waals surface area (Å²) in [7, 11) is 1.51. The molecule has 3 rings (SSSR count). The SMILES string of the molecule is CCOc1cc(C(CC([NH])=O)N2C(=O)c3ccc(C)cc3C2=O)ccc1OC. The summed E-state index contributed by atoms with van der Waals surface area (Å²) >= 11 is 0. The number of ether oxygens (including phenoxy) is 2. The quantitative estimate of drug-likeness (QED) is 0.687. The minimum absolute atomic E-state index is 0.302. The number of methoxy groups -OCH3 is 1. The fraction of sp³-hybridized carbons (Fsp3) is 0.286. The van der Waals surface area contributed by atoms with E-state index in [0.717, 1.165) is 10.5 Å². The van der Waals surface area contributed by atoms with E-state index in [9.17, 15) is 14.4 Å². The van der Waals surface area contributed by atoms with E-state index in [2.05, 4.69) is 0 Å². The van der Waals surface area contributed by atoms with Crippen molar-refractivity contribution < 1.29 is 23.9 Å². The maximum atomic E-state index is 13.0. The van der Waals surface area contributed by atoms with Crippen LogP contribution in [0.2, 0.25) is 0 Å². The van der Waals surface area contributed by atoms with Gasteiger partial charge in [0.1, 0.15) is 0 Å². The van der Waals surface area contributed by atoms with Crippen LogP contribution in [0.25, 0.3) is 0 Å². The summed E-state index contributed by atoms with van der Waals surface area (Å²) < 4.78 is 10.8. The van der Waals surface area contributed by atoms with Gasteiger partial charge in [0.25, 0.3) is 11.8 Å². The first-order valence-electron chi connectivity index (χ1n) is 8.91. The van der Waals surface area contributed by atoms with Gasteiger partial charge in [-0.25, -0.2) is 0 Å². The van der Waals surface area contributed by atoms with Crippen LogP contribution < -0.4 is 15.2 Å². The molecule has 0 aliphatic carbocycles. The van der Waals surface area contributed by atoms with Crippen molar-refractivity contribution >= 4 is 17.7 Å². The predicted molar refractivity (Wildman–Crippen MR) is 101 cm³/mol. The summed E-state index contributed by atoms with van der Waals surface area (Å²) in [5.41, 5.74) is 9.41. The van der Waals surface area contributed by atoms with Crippen molar-refractivity contribution in [1.29, 1.82) is 0 Å². The van der Waals surface area contributed by atoms with Crippen molar-refractivity contribution in [2.45, 2.75) is 26.3 Å². The zero-order chi connectivity index (χ0) is 20.4. The molecule has 1 N–H and O–H groups in total. The summed E-state index contributed by atoms with van der Waals surface area (Å²) in [6.07, 6.45) is -0.303. The van der Waals surface area contributed by atoms with Gasteiger partial charge in [0.05, 0.1) is 37.3 Å². The summed E-state index contributed by atoms with van der Waals surface area (Å²) in [4.78, 5) is 38.6. The number of hydrogen-bond acceptors (Lipinski definition) is 5. The molecule has 1 heterocycles. The second kappa shape index (κ2) is 7.72. The third kappa shape index (κ3) is 3.43. The maximum absolute atomic E-state index is 13.0. The first-order chi connectivity index (χ1) is 13.4. The topological polar surface area (TPSA) is 96.7 Å². The molecule has 28 heavy (non-hydrogen) atoms. The van der Waals surface area contributed by atoms with E-state index in [4.69, 9.17) is 15.2 Å². The molecule has 2 aromatic carbocycles. The van der Waals surface area contributed by atoms with E-state index < -0.39 is 23.8 Å². The van der Waals surface area contributed by atoms with Crippen molar-refractivity contribution in [1.82, 2.24) is 10.6 Å². The Hall–Kier alpha value is -3.35. The zero-order valence-electron chi connectivity index (χ0n) is 15.9. The van der Waals surface area contributed by atoms with Crippen molar-refractivity contribution in [3.05, 3.63) is 58.7 Å². The smallest absolute Gasteiger partial charge is 0.262 e. The van der Waals surface area contributed by atoms with Gasteiger partial charge in [-0.05, 0) is 43.7 Å². The number of aryl methyl sites for hydroxylation is 1. The van der Waals surface area contributed by atoms with Gasteiger partial charge in [-0.3, -0.25) is 25.0 Å². The van der Waals surface area contributed by atoms with Crippen LogP contribution in [0.5, 0.6) is 11.5 Å². The third-order valence-electron chi connectivity index (χ3n) is 4.64. The summed E-state index contributed by atoms with van der Waals surface area (Å²) in [5.74, 6) is -0.868. The highest BCUT2D eigenvalue weighted by Crippen LogP contribution is 2.37. The van der Waals surface area contributed by atoms with Crippen LogP contribution >= 0.6 is 0 Å². The number of imide groups is 1. The number of amides is 3. The van der Waals surface area contributed by atoms with Gasteiger partial charge in [0.15, 0.2) is 11.5 Å². The molecule has 0 spiro atoms. The lowest BCUT2D eigenvalue weighted by atomic mass is 10.0. The molecule has 2 aromatic rings. The van der Waals surface area contributed by atoms with Crippen molar-refractivity contribution in [2.24, 2.45) is 0 Å². The normalized spacial score (nSPS) is 14.0. The average Bonchev–Trinajstić information content (AvgIpc) is 2.90. The lowest BCUT2D eigenvalue weighted by Crippen LogP contribution is -2.35. The van der Waals surface area contributed by atoms with Crippen LogP contribution in [-0.2, 0) is 4.79 Å². The molecule has 0 bridgehead atoms. The number of nitrogens with zero attached hydrogens (tertiary/aromatic N) is 1. The Labute approximate surface area is 163 Å². The van der Waals surface area contributed by atoms with Gasteiger partial charge in [-0.1, -0.05) is 17.7 Å². The number of hydrogen-bond donors (Lipinski definition) is 0. The number of nitrogens with one attached hydrogen (secondary N) is 1. The van der Waals surface area contributed by atoms with Gasteiger partial charge < -0.3 is 9.47 Å². The third-order valence-corrected chi connectivity index (χ3v) is 4.64. The van der Waals surface area contributed by atoms with E-state index in [1.165, 1.54) is 7.11 Å². The highest BCUT2D eigenvalue weighted by Gasteiger charge is 2.41. The fourth-order valence-electron chi connectivity index (χ4n) is 3.36. The molecule has 0 fully saturated rings. The Morgan fingerprint density at radius 3 is 2.43 bits per heavy atom. The van der Waals surface area contributed by atoms with E-state index in [1.54, 1.807) is 36.4 Å². The molecule has 1 unspecified atom stereocenters. The summed E-state index contributed by atoms with van der Waals surface area (Å²) in [5, 5.41) is 0. The molecular formula is C21H21N2O5. The maximum Gasteiger partial charge on any atom is 0.262 e. The molecule has 1 atom stereocenters. The van der Waals surface area contributed by atoms with E-state index >= 15 is 0 Å². The van der Waals surface area contributed by atoms with Crippen LogP contribution in [-0.4, -0.2) is 36.3 Å². The predicted octanol–water partition coefficient (Wildman–Crippen LogP) is 2.94. The number of carbonyl (C=O) groups excluding carboxylic acids is 3. The fourth-order valence-corrected chi connectivity index (χ4v) is 3.36. The number of rotatable bonds is 7. The molecule has 145 valence electrons. The highest BCUT2D eigenvalue weighted by atomic mass is 16.5. The van der Waals surface area contributed by atoms with Gasteiger partial charge in [-0.15, -0.1) is 0 Å². The zero-order valence-corrected chi connectivity index (χ0v) is 15.9. The molecular weight excluding hydrogens is 360 g/mol. The first kappa shape index (κ1) is 19.4. The van der Waals surface area contributed by atoms with E-state index in [1.807, 2.05) is 13.8 Å². The molecule has 0 aromatic heterocycles. The van der Waals surface area contributed by atoms with Crippen LogP contribution in [0.3, 0.4) is 0 Å². The molecule has 0 saturated carbocycles. The molecule has 1 aliphatic heterocycles. The van der Waals surface area contributed by atoms with Gasteiger partial charge in [0.2, 0.25) is 5.91 Å². The molecule has 7 heteroatoms. The van der Waals surface area contributed by atoms with Crippen molar-refractivity contribution in [3.8, 4) is 11.5 Å². The van der Waals surface area contributed by atoms with E-state index in [-0.39, 0.29) is 6.42 Å². The Balaban J connectivity index is 2.07. The van der Waals surface area contributed by atoms with Crippen LogP contribution in [0.4, 0.5) is 0 Å². The molecule has 0 saturated heterocycles.